The lowest BCUT2D eigenvalue weighted by Gasteiger charge is -2.21. The Bertz CT molecular complexity index is 670. The van der Waals surface area contributed by atoms with Gasteiger partial charge in [-0.1, -0.05) is 42.5 Å². The molecule has 3 N–H and O–H groups in total. The summed E-state index contributed by atoms with van der Waals surface area (Å²) in [6, 6.07) is 16.1. The first kappa shape index (κ1) is 15.5. The van der Waals surface area contributed by atoms with Crippen LogP contribution in [0.3, 0.4) is 0 Å². The van der Waals surface area contributed by atoms with E-state index in [-0.39, 0.29) is 6.54 Å². The number of nitrogens with two attached hydrogens (primary N) is 1. The zero-order chi connectivity index (χ0) is 15.3. The van der Waals surface area contributed by atoms with Gasteiger partial charge in [0.1, 0.15) is 0 Å². The van der Waals surface area contributed by atoms with E-state index in [1.807, 2.05) is 30.3 Å². The Morgan fingerprint density at radius 3 is 2.10 bits per heavy atom. The zero-order valence-electron chi connectivity index (χ0n) is 11.5. The van der Waals surface area contributed by atoms with Gasteiger partial charge in [0.15, 0.2) is 0 Å². The molecule has 0 spiro atoms. The molecule has 0 saturated carbocycles. The van der Waals surface area contributed by atoms with E-state index < -0.39 is 10.3 Å². The molecule has 2 aromatic rings. The Labute approximate surface area is 124 Å². The van der Waals surface area contributed by atoms with Crippen LogP contribution in [0, 0.1) is 0 Å². The molecule has 0 aliphatic rings. The van der Waals surface area contributed by atoms with Crippen molar-refractivity contribution in [1.82, 2.24) is 0 Å². The quantitative estimate of drug-likeness (QED) is 0.800. The van der Waals surface area contributed by atoms with Gasteiger partial charge in [-0.05, 0) is 36.2 Å². The largest absolute Gasteiger partial charge is 0.360 e. The average molecular weight is 306 g/mol. The van der Waals surface area contributed by atoms with Gasteiger partial charge < -0.3 is 5.73 Å². The standard InChI is InChI=1S/C15H18N2O3S/c16-11-10-13-6-8-15(9-7-13)17(21(18,19)20)12-14-4-2-1-3-5-14/h1-9H,10-12,16H2,(H,18,19,20). The molecule has 0 atom stereocenters. The van der Waals surface area contributed by atoms with Crippen molar-refractivity contribution in [1.29, 1.82) is 0 Å². The third-order valence-corrected chi connectivity index (χ3v) is 4.00. The molecule has 112 valence electrons. The van der Waals surface area contributed by atoms with Crippen LogP contribution < -0.4 is 10.0 Å². The van der Waals surface area contributed by atoms with E-state index in [1.165, 1.54) is 0 Å². The maximum atomic E-state index is 11.6. The molecule has 21 heavy (non-hydrogen) atoms. The maximum absolute atomic E-state index is 11.6. The number of benzene rings is 2. The van der Waals surface area contributed by atoms with Crippen LogP contribution in [0.15, 0.2) is 54.6 Å². The zero-order valence-corrected chi connectivity index (χ0v) is 12.3. The summed E-state index contributed by atoms with van der Waals surface area (Å²) in [5.41, 5.74) is 7.72. The molecule has 0 heterocycles. The van der Waals surface area contributed by atoms with Crippen molar-refractivity contribution in [3.63, 3.8) is 0 Å². The van der Waals surface area contributed by atoms with Crippen molar-refractivity contribution < 1.29 is 13.0 Å². The van der Waals surface area contributed by atoms with E-state index in [2.05, 4.69) is 0 Å². The van der Waals surface area contributed by atoms with Crippen LogP contribution in [0.5, 0.6) is 0 Å². The Kier molecular flexibility index (Phi) is 4.95. The van der Waals surface area contributed by atoms with Crippen molar-refractivity contribution in [2.45, 2.75) is 13.0 Å². The van der Waals surface area contributed by atoms with Crippen LogP contribution in [0.1, 0.15) is 11.1 Å². The minimum absolute atomic E-state index is 0.0793. The fraction of sp³-hybridized carbons (Fsp3) is 0.200. The van der Waals surface area contributed by atoms with Crippen molar-refractivity contribution in [2.24, 2.45) is 5.73 Å². The van der Waals surface area contributed by atoms with Crippen molar-refractivity contribution >= 4 is 16.0 Å². The first-order valence-corrected chi connectivity index (χ1v) is 7.98. The summed E-state index contributed by atoms with van der Waals surface area (Å²) in [5, 5.41) is 0. The summed E-state index contributed by atoms with van der Waals surface area (Å²) in [4.78, 5) is 0. The highest BCUT2D eigenvalue weighted by Crippen LogP contribution is 2.21. The van der Waals surface area contributed by atoms with Crippen molar-refractivity contribution in [2.75, 3.05) is 10.8 Å². The minimum atomic E-state index is -4.33. The Hall–Kier alpha value is -1.89. The van der Waals surface area contributed by atoms with E-state index in [4.69, 9.17) is 5.73 Å². The van der Waals surface area contributed by atoms with E-state index in [0.717, 1.165) is 21.9 Å². The molecule has 5 nitrogen and oxygen atoms in total. The average Bonchev–Trinajstić information content (AvgIpc) is 2.46. The molecule has 0 aliphatic heterocycles. The normalized spacial score (nSPS) is 11.3. The number of hydrogen-bond donors (Lipinski definition) is 2. The molecular formula is C15H18N2O3S. The molecule has 0 bridgehead atoms. The molecule has 2 aromatic carbocycles. The van der Waals surface area contributed by atoms with Gasteiger partial charge >= 0.3 is 10.3 Å². The predicted molar refractivity (Wildman–Crippen MR) is 83.4 cm³/mol. The smallest absolute Gasteiger partial charge is 0.330 e. The minimum Gasteiger partial charge on any atom is -0.330 e. The first-order chi connectivity index (χ1) is 10.0. The molecule has 0 radical (unpaired) electrons. The summed E-state index contributed by atoms with van der Waals surface area (Å²) >= 11 is 0. The maximum Gasteiger partial charge on any atom is 0.360 e. The van der Waals surface area contributed by atoms with Crippen LogP contribution in [0.4, 0.5) is 5.69 Å². The number of anilines is 1. The number of hydrogen-bond acceptors (Lipinski definition) is 3. The van der Waals surface area contributed by atoms with Crippen LogP contribution in [0.25, 0.3) is 0 Å². The van der Waals surface area contributed by atoms with E-state index >= 15 is 0 Å². The lowest BCUT2D eigenvalue weighted by molar-refractivity contribution is 0.477. The highest BCUT2D eigenvalue weighted by Gasteiger charge is 2.19. The lowest BCUT2D eigenvalue weighted by Crippen LogP contribution is -2.29. The Balaban J connectivity index is 2.28. The van der Waals surface area contributed by atoms with Gasteiger partial charge in [0.2, 0.25) is 0 Å². The molecular weight excluding hydrogens is 288 g/mol. The number of rotatable bonds is 6. The lowest BCUT2D eigenvalue weighted by atomic mass is 10.1. The Morgan fingerprint density at radius 2 is 1.57 bits per heavy atom. The van der Waals surface area contributed by atoms with Gasteiger partial charge in [0.05, 0.1) is 12.2 Å². The third kappa shape index (κ3) is 4.29. The second-order valence-electron chi connectivity index (χ2n) is 4.68. The summed E-state index contributed by atoms with van der Waals surface area (Å²) in [6.45, 7) is 0.612. The van der Waals surface area contributed by atoms with Gasteiger partial charge in [-0.2, -0.15) is 8.42 Å². The van der Waals surface area contributed by atoms with E-state index in [9.17, 15) is 13.0 Å². The monoisotopic (exact) mass is 306 g/mol. The van der Waals surface area contributed by atoms with Crippen molar-refractivity contribution in [3.8, 4) is 0 Å². The summed E-state index contributed by atoms with van der Waals surface area (Å²) in [6.07, 6.45) is 0.727. The van der Waals surface area contributed by atoms with Crippen LogP contribution in [-0.4, -0.2) is 19.5 Å². The molecule has 0 fully saturated rings. The topological polar surface area (TPSA) is 83.6 Å². The molecule has 0 aromatic heterocycles. The van der Waals surface area contributed by atoms with Crippen LogP contribution >= 0.6 is 0 Å². The molecule has 0 unspecified atom stereocenters. The molecule has 0 saturated heterocycles. The summed E-state index contributed by atoms with van der Waals surface area (Å²) < 4.78 is 33.6. The number of nitrogens with zero attached hydrogens (tertiary/aromatic N) is 1. The van der Waals surface area contributed by atoms with E-state index in [1.54, 1.807) is 24.3 Å². The molecule has 2 rings (SSSR count). The van der Waals surface area contributed by atoms with Gasteiger partial charge in [-0.15, -0.1) is 0 Å². The van der Waals surface area contributed by atoms with Gasteiger partial charge in [-0.25, -0.2) is 4.31 Å². The summed E-state index contributed by atoms with van der Waals surface area (Å²) in [7, 11) is -4.33. The summed E-state index contributed by atoms with van der Waals surface area (Å²) in [5.74, 6) is 0. The fourth-order valence-electron chi connectivity index (χ4n) is 2.05. The highest BCUT2D eigenvalue weighted by atomic mass is 32.2. The second-order valence-corrected chi connectivity index (χ2v) is 6.01. The molecule has 0 aliphatic carbocycles. The molecule has 6 heteroatoms. The van der Waals surface area contributed by atoms with Gasteiger partial charge in [-0.3, -0.25) is 4.55 Å². The predicted octanol–water partition coefficient (Wildman–Crippen LogP) is 2.00. The van der Waals surface area contributed by atoms with Crippen LogP contribution in [0.2, 0.25) is 0 Å². The highest BCUT2D eigenvalue weighted by molar-refractivity contribution is 7.87. The van der Waals surface area contributed by atoms with Gasteiger partial charge in [0.25, 0.3) is 0 Å². The first-order valence-electron chi connectivity index (χ1n) is 6.59. The third-order valence-electron chi connectivity index (χ3n) is 3.10. The fourth-order valence-corrected chi connectivity index (χ4v) is 2.75. The second kappa shape index (κ2) is 6.71. The van der Waals surface area contributed by atoms with E-state index in [0.29, 0.717) is 12.2 Å². The Morgan fingerprint density at radius 1 is 0.952 bits per heavy atom. The van der Waals surface area contributed by atoms with Gasteiger partial charge in [0, 0.05) is 0 Å². The SMILES string of the molecule is NCCc1ccc(N(Cc2ccccc2)S(=O)(=O)O)cc1. The molecule has 0 amide bonds. The van der Waals surface area contributed by atoms with Crippen LogP contribution in [-0.2, 0) is 23.3 Å². The van der Waals surface area contributed by atoms with Crippen molar-refractivity contribution in [3.05, 3.63) is 65.7 Å².